The van der Waals surface area contributed by atoms with Crippen LogP contribution in [-0.2, 0) is 0 Å². The molecule has 1 aliphatic rings. The van der Waals surface area contributed by atoms with Gasteiger partial charge in [-0.1, -0.05) is 0 Å². The van der Waals surface area contributed by atoms with Crippen LogP contribution in [0.15, 0.2) is 72.8 Å². The fraction of sp³-hybridized carbons (Fsp3) is 0.259. The van der Waals surface area contributed by atoms with Gasteiger partial charge < -0.3 is 25.0 Å². The van der Waals surface area contributed by atoms with E-state index in [0.717, 1.165) is 37.6 Å². The fourth-order valence-corrected chi connectivity index (χ4v) is 3.87. The molecular weight excluding hydrogens is 447 g/mol. The number of ether oxygens (including phenoxy) is 1. The van der Waals surface area contributed by atoms with Gasteiger partial charge in [0.1, 0.15) is 25.1 Å². The molecule has 0 bridgehead atoms. The number of nitrogens with one attached hydrogen (secondary N) is 1. The molecule has 0 aliphatic carbocycles. The first-order chi connectivity index (χ1) is 17.1. The number of nitriles is 1. The van der Waals surface area contributed by atoms with Crippen LogP contribution in [0.2, 0.25) is 0 Å². The van der Waals surface area contributed by atoms with E-state index < -0.39 is 12.8 Å². The SMILES string of the molecule is N#Cc1ccc(N2CCN(c3ccc(NC(=O)c4ccc(OC[C@@H](O)CF)cc4)cc3)CC2)cc1. The Morgan fingerprint density at radius 3 is 2.00 bits per heavy atom. The number of carbonyl (C=O) groups is 1. The molecule has 1 aliphatic heterocycles. The smallest absolute Gasteiger partial charge is 0.255 e. The van der Waals surface area contributed by atoms with Gasteiger partial charge in [-0.3, -0.25) is 4.79 Å². The van der Waals surface area contributed by atoms with E-state index in [2.05, 4.69) is 21.2 Å². The summed E-state index contributed by atoms with van der Waals surface area (Å²) in [6.07, 6.45) is -1.16. The highest BCUT2D eigenvalue weighted by atomic mass is 19.1. The van der Waals surface area contributed by atoms with Crippen molar-refractivity contribution in [1.29, 1.82) is 5.26 Å². The highest BCUT2D eigenvalue weighted by Crippen LogP contribution is 2.23. The lowest BCUT2D eigenvalue weighted by Crippen LogP contribution is -2.46. The van der Waals surface area contributed by atoms with Gasteiger partial charge in [-0.05, 0) is 72.8 Å². The first kappa shape index (κ1) is 24.0. The quantitative estimate of drug-likeness (QED) is 0.516. The number of piperazine rings is 1. The molecular formula is C27H27FN4O3. The molecule has 7 nitrogen and oxygen atoms in total. The van der Waals surface area contributed by atoms with Gasteiger partial charge in [-0.25, -0.2) is 4.39 Å². The number of hydrogen-bond donors (Lipinski definition) is 2. The van der Waals surface area contributed by atoms with E-state index >= 15 is 0 Å². The number of amides is 1. The van der Waals surface area contributed by atoms with Crippen LogP contribution >= 0.6 is 0 Å². The van der Waals surface area contributed by atoms with Crippen LogP contribution in [0.3, 0.4) is 0 Å². The number of aliphatic hydroxyl groups excluding tert-OH is 1. The maximum atomic E-state index is 12.6. The second-order valence-corrected chi connectivity index (χ2v) is 8.28. The van der Waals surface area contributed by atoms with E-state index in [9.17, 15) is 14.3 Å². The van der Waals surface area contributed by atoms with E-state index in [1.54, 1.807) is 24.3 Å². The van der Waals surface area contributed by atoms with Crippen LogP contribution in [0.25, 0.3) is 0 Å². The summed E-state index contributed by atoms with van der Waals surface area (Å²) < 4.78 is 17.6. The summed E-state index contributed by atoms with van der Waals surface area (Å²) in [6, 6.07) is 24.0. The minimum atomic E-state index is -1.16. The van der Waals surface area contributed by atoms with Gasteiger partial charge in [0.2, 0.25) is 0 Å². The number of carbonyl (C=O) groups excluding carboxylic acids is 1. The summed E-state index contributed by atoms with van der Waals surface area (Å²) >= 11 is 0. The number of rotatable bonds is 8. The van der Waals surface area contributed by atoms with E-state index in [0.29, 0.717) is 22.6 Å². The summed E-state index contributed by atoms with van der Waals surface area (Å²) in [5.74, 6) is 0.210. The number of alkyl halides is 1. The summed E-state index contributed by atoms with van der Waals surface area (Å²) in [5, 5.41) is 21.1. The van der Waals surface area contributed by atoms with Gasteiger partial charge in [0, 0.05) is 48.8 Å². The van der Waals surface area contributed by atoms with Gasteiger partial charge in [0.25, 0.3) is 5.91 Å². The Balaban J connectivity index is 1.28. The summed E-state index contributed by atoms with van der Waals surface area (Å²) in [4.78, 5) is 17.2. The number of halogens is 1. The Kier molecular flexibility index (Phi) is 7.81. The molecule has 1 atom stereocenters. The van der Waals surface area contributed by atoms with Gasteiger partial charge >= 0.3 is 0 Å². The Hall–Kier alpha value is -4.09. The average molecular weight is 475 g/mol. The third-order valence-corrected chi connectivity index (χ3v) is 5.87. The zero-order chi connectivity index (χ0) is 24.6. The molecule has 1 saturated heterocycles. The monoisotopic (exact) mass is 474 g/mol. The maximum absolute atomic E-state index is 12.6. The van der Waals surface area contributed by atoms with Crippen molar-refractivity contribution >= 4 is 23.0 Å². The predicted molar refractivity (Wildman–Crippen MR) is 134 cm³/mol. The topological polar surface area (TPSA) is 88.8 Å². The third-order valence-electron chi connectivity index (χ3n) is 5.87. The second kappa shape index (κ2) is 11.4. The lowest BCUT2D eigenvalue weighted by atomic mass is 10.1. The Labute approximate surface area is 204 Å². The molecule has 0 saturated carbocycles. The van der Waals surface area contributed by atoms with Crippen LogP contribution in [0, 0.1) is 11.3 Å². The highest BCUT2D eigenvalue weighted by molar-refractivity contribution is 6.04. The molecule has 1 heterocycles. The molecule has 35 heavy (non-hydrogen) atoms. The summed E-state index contributed by atoms with van der Waals surface area (Å²) in [5.41, 5.74) is 4.04. The zero-order valence-electron chi connectivity index (χ0n) is 19.2. The Morgan fingerprint density at radius 1 is 0.943 bits per heavy atom. The van der Waals surface area contributed by atoms with E-state index in [-0.39, 0.29) is 12.5 Å². The molecule has 8 heteroatoms. The van der Waals surface area contributed by atoms with E-state index in [1.807, 2.05) is 48.5 Å². The van der Waals surface area contributed by atoms with Crippen molar-refractivity contribution in [2.75, 3.05) is 54.6 Å². The van der Waals surface area contributed by atoms with Gasteiger partial charge in [-0.15, -0.1) is 0 Å². The molecule has 0 radical (unpaired) electrons. The van der Waals surface area contributed by atoms with Crippen molar-refractivity contribution in [3.8, 4) is 11.8 Å². The number of anilines is 3. The zero-order valence-corrected chi connectivity index (χ0v) is 19.2. The molecule has 0 unspecified atom stereocenters. The maximum Gasteiger partial charge on any atom is 0.255 e. The van der Waals surface area contributed by atoms with Crippen molar-refractivity contribution in [2.24, 2.45) is 0 Å². The third kappa shape index (κ3) is 6.28. The van der Waals surface area contributed by atoms with Crippen LogP contribution in [0.1, 0.15) is 15.9 Å². The predicted octanol–water partition coefficient (Wildman–Crippen LogP) is 3.85. The van der Waals surface area contributed by atoms with Crippen molar-refractivity contribution in [3.63, 3.8) is 0 Å². The largest absolute Gasteiger partial charge is 0.491 e. The molecule has 1 fully saturated rings. The van der Waals surface area contributed by atoms with Crippen molar-refractivity contribution in [2.45, 2.75) is 6.10 Å². The normalized spacial score (nSPS) is 14.2. The lowest BCUT2D eigenvalue weighted by Gasteiger charge is -2.37. The first-order valence-electron chi connectivity index (χ1n) is 11.4. The number of nitrogens with zero attached hydrogens (tertiary/aromatic N) is 3. The van der Waals surface area contributed by atoms with Gasteiger partial charge in [0.15, 0.2) is 0 Å². The molecule has 0 aromatic heterocycles. The summed E-state index contributed by atoms with van der Waals surface area (Å²) in [7, 11) is 0. The number of aliphatic hydroxyl groups is 1. The highest BCUT2D eigenvalue weighted by Gasteiger charge is 2.18. The lowest BCUT2D eigenvalue weighted by molar-refractivity contribution is 0.0841. The van der Waals surface area contributed by atoms with Gasteiger partial charge in [-0.2, -0.15) is 5.26 Å². The standard InChI is InChI=1S/C27H27FN4O3/c28-17-25(33)19-35-26-11-3-21(4-12-26)27(34)30-22-5-9-24(10-6-22)32-15-13-31(14-16-32)23-7-1-20(18-29)2-8-23/h1-12,25,33H,13-17,19H2,(H,30,34)/t25-/m0/s1. The number of hydrogen-bond acceptors (Lipinski definition) is 6. The Bertz CT molecular complexity index is 1150. The van der Waals surface area contributed by atoms with Crippen LogP contribution in [0.4, 0.5) is 21.5 Å². The minimum Gasteiger partial charge on any atom is -0.491 e. The molecule has 0 spiro atoms. The van der Waals surface area contributed by atoms with Crippen LogP contribution < -0.4 is 19.9 Å². The van der Waals surface area contributed by atoms with Crippen LogP contribution in [0.5, 0.6) is 5.75 Å². The minimum absolute atomic E-state index is 0.140. The summed E-state index contributed by atoms with van der Waals surface area (Å²) in [6.45, 7) is 2.52. The van der Waals surface area contributed by atoms with Crippen LogP contribution in [-0.4, -0.2) is 56.6 Å². The molecule has 1 amide bonds. The van der Waals surface area contributed by atoms with Crippen molar-refractivity contribution in [1.82, 2.24) is 0 Å². The molecule has 2 N–H and O–H groups in total. The second-order valence-electron chi connectivity index (χ2n) is 8.28. The van der Waals surface area contributed by atoms with E-state index in [4.69, 9.17) is 10.00 Å². The number of benzene rings is 3. The fourth-order valence-electron chi connectivity index (χ4n) is 3.87. The molecule has 3 aromatic rings. The first-order valence-corrected chi connectivity index (χ1v) is 11.4. The molecule has 180 valence electrons. The van der Waals surface area contributed by atoms with Crippen molar-refractivity contribution in [3.05, 3.63) is 83.9 Å². The molecule has 4 rings (SSSR count). The van der Waals surface area contributed by atoms with Crippen molar-refractivity contribution < 1.29 is 19.0 Å². The van der Waals surface area contributed by atoms with E-state index in [1.165, 1.54) is 0 Å². The average Bonchev–Trinajstić information content (AvgIpc) is 2.92. The van der Waals surface area contributed by atoms with Gasteiger partial charge in [0.05, 0.1) is 11.6 Å². The molecule has 3 aromatic carbocycles. The Morgan fingerprint density at radius 2 is 1.49 bits per heavy atom.